The van der Waals surface area contributed by atoms with Crippen LogP contribution in [0.4, 0.5) is 0 Å². The Labute approximate surface area is 173 Å². The van der Waals surface area contributed by atoms with Crippen LogP contribution in [0.5, 0.6) is 0 Å². The average molecular weight is 422 g/mol. The molecule has 2 aromatic heterocycles. The number of fused-ring (bicyclic) bond motifs is 1. The summed E-state index contributed by atoms with van der Waals surface area (Å²) in [5, 5.41) is 21.6. The number of nitrogens with two attached hydrogens (primary N) is 1. The van der Waals surface area contributed by atoms with Gasteiger partial charge in [0.2, 0.25) is 5.91 Å². The quantitative estimate of drug-likeness (QED) is 0.494. The molecule has 1 saturated heterocycles. The lowest BCUT2D eigenvalue weighted by Crippen LogP contribution is -2.44. The molecular weight excluding hydrogens is 392 g/mol. The first-order chi connectivity index (χ1) is 14.1. The molecule has 1 fully saturated rings. The number of aliphatic hydroxyl groups is 2. The molecule has 3 atom stereocenters. The molecule has 1 aliphatic rings. The summed E-state index contributed by atoms with van der Waals surface area (Å²) in [5.74, 6) is -0.144. The summed E-state index contributed by atoms with van der Waals surface area (Å²) < 4.78 is 3.77. The van der Waals surface area contributed by atoms with Crippen molar-refractivity contribution >= 4 is 17.1 Å². The molecule has 11 nitrogen and oxygen atoms in total. The van der Waals surface area contributed by atoms with E-state index in [0.29, 0.717) is 19.4 Å². The normalized spacial score (nSPS) is 24.9. The lowest BCUT2D eigenvalue weighted by atomic mass is 9.91. The first-order valence-electron chi connectivity index (χ1n) is 10.1. The van der Waals surface area contributed by atoms with Crippen LogP contribution in [0.15, 0.2) is 15.9 Å². The van der Waals surface area contributed by atoms with Gasteiger partial charge in [-0.05, 0) is 26.3 Å². The molecule has 3 heterocycles. The highest BCUT2D eigenvalue weighted by Gasteiger charge is 2.42. The van der Waals surface area contributed by atoms with Crippen LogP contribution < -0.4 is 17.0 Å². The van der Waals surface area contributed by atoms with E-state index in [1.165, 1.54) is 34.5 Å². The second kappa shape index (κ2) is 8.32. The molecule has 0 radical (unpaired) electrons. The average Bonchev–Trinajstić information content (AvgIpc) is 3.06. The van der Waals surface area contributed by atoms with Gasteiger partial charge in [-0.25, -0.2) is 9.78 Å². The Morgan fingerprint density at radius 2 is 1.97 bits per heavy atom. The van der Waals surface area contributed by atoms with Crippen molar-refractivity contribution < 1.29 is 15.0 Å². The van der Waals surface area contributed by atoms with Crippen molar-refractivity contribution in [2.45, 2.75) is 50.4 Å². The fraction of sp³-hybridized carbons (Fsp3) is 0.684. The van der Waals surface area contributed by atoms with E-state index in [4.69, 9.17) is 5.73 Å². The number of hydrogen-bond acceptors (Lipinski definition) is 7. The molecule has 11 heteroatoms. The minimum Gasteiger partial charge on any atom is -0.391 e. The number of aliphatic hydroxyl groups excluding tert-OH is 1. The minimum atomic E-state index is -1.42. The number of rotatable bonds is 5. The van der Waals surface area contributed by atoms with Crippen LogP contribution in [-0.2, 0) is 18.9 Å². The Kier molecular flexibility index (Phi) is 6.16. The Hall–Kier alpha value is -2.50. The summed E-state index contributed by atoms with van der Waals surface area (Å²) in [4.78, 5) is 43.5. The van der Waals surface area contributed by atoms with Crippen LogP contribution >= 0.6 is 0 Å². The predicted molar refractivity (Wildman–Crippen MR) is 110 cm³/mol. The van der Waals surface area contributed by atoms with E-state index in [-0.39, 0.29) is 36.6 Å². The van der Waals surface area contributed by atoms with Crippen molar-refractivity contribution in [1.29, 1.82) is 0 Å². The van der Waals surface area contributed by atoms with E-state index >= 15 is 0 Å². The van der Waals surface area contributed by atoms with Gasteiger partial charge in [0.1, 0.15) is 0 Å². The summed E-state index contributed by atoms with van der Waals surface area (Å²) in [6, 6.07) is -0.733. The van der Waals surface area contributed by atoms with Crippen molar-refractivity contribution in [2.75, 3.05) is 19.6 Å². The summed E-state index contributed by atoms with van der Waals surface area (Å²) in [5.41, 5.74) is 3.41. The topological polar surface area (TPSA) is 149 Å². The third-order valence-electron chi connectivity index (χ3n) is 5.90. The van der Waals surface area contributed by atoms with Gasteiger partial charge >= 0.3 is 5.69 Å². The van der Waals surface area contributed by atoms with Crippen molar-refractivity contribution in [2.24, 2.45) is 19.8 Å². The molecule has 1 amide bonds. The van der Waals surface area contributed by atoms with Crippen molar-refractivity contribution in [3.63, 3.8) is 0 Å². The van der Waals surface area contributed by atoms with Crippen LogP contribution in [0.25, 0.3) is 11.2 Å². The van der Waals surface area contributed by atoms with Crippen LogP contribution in [0.3, 0.4) is 0 Å². The zero-order valence-corrected chi connectivity index (χ0v) is 17.6. The third kappa shape index (κ3) is 3.92. The van der Waals surface area contributed by atoms with Gasteiger partial charge in [-0.15, -0.1) is 0 Å². The first-order valence-corrected chi connectivity index (χ1v) is 10.1. The van der Waals surface area contributed by atoms with E-state index in [9.17, 15) is 24.6 Å². The molecule has 0 bridgehead atoms. The standard InChI is InChI=1S/C19H30N6O5/c1-19(30)8-12(26)9-24(14(27)6-4-5-7-20)10-13(19)25-11-21-16-15(25)17(28)23(3)18(29)22(16)2/h11-13,26,30H,4-10,20H2,1-3H3/t12-,13+,19+/m0/s1. The summed E-state index contributed by atoms with van der Waals surface area (Å²) in [6.07, 6.45) is 2.17. The van der Waals surface area contributed by atoms with Crippen molar-refractivity contribution in [3.05, 3.63) is 27.2 Å². The Bertz CT molecular complexity index is 1050. The predicted octanol–water partition coefficient (Wildman–Crippen LogP) is -1.55. The van der Waals surface area contributed by atoms with Gasteiger partial charge in [-0.3, -0.25) is 18.7 Å². The second-order valence-corrected chi connectivity index (χ2v) is 8.31. The Morgan fingerprint density at radius 3 is 2.63 bits per heavy atom. The van der Waals surface area contributed by atoms with Crippen LogP contribution in [-0.4, -0.2) is 71.0 Å². The molecule has 4 N–H and O–H groups in total. The molecule has 3 rings (SSSR count). The van der Waals surface area contributed by atoms with Crippen LogP contribution in [0.2, 0.25) is 0 Å². The van der Waals surface area contributed by atoms with E-state index < -0.39 is 29.0 Å². The summed E-state index contributed by atoms with van der Waals surface area (Å²) in [6.45, 7) is 2.26. The third-order valence-corrected chi connectivity index (χ3v) is 5.90. The number of unbranched alkanes of at least 4 members (excludes halogenated alkanes) is 1. The van der Waals surface area contributed by atoms with E-state index in [1.54, 1.807) is 6.92 Å². The molecule has 0 aliphatic carbocycles. The van der Waals surface area contributed by atoms with Gasteiger partial charge in [0.25, 0.3) is 5.56 Å². The number of likely N-dealkylation sites (tertiary alicyclic amines) is 1. The molecule has 0 aromatic carbocycles. The molecule has 30 heavy (non-hydrogen) atoms. The number of aryl methyl sites for hydroxylation is 1. The minimum absolute atomic E-state index is 0.0238. The monoisotopic (exact) mass is 422 g/mol. The van der Waals surface area contributed by atoms with Gasteiger partial charge in [0, 0.05) is 40.0 Å². The molecular formula is C19H30N6O5. The van der Waals surface area contributed by atoms with Crippen LogP contribution in [0.1, 0.15) is 38.6 Å². The number of hydrogen-bond donors (Lipinski definition) is 3. The molecule has 1 aliphatic heterocycles. The number of carbonyl (C=O) groups is 1. The maximum absolute atomic E-state index is 12.8. The largest absolute Gasteiger partial charge is 0.391 e. The number of imidazole rings is 1. The Balaban J connectivity index is 2.07. The highest BCUT2D eigenvalue weighted by Crippen LogP contribution is 2.33. The van der Waals surface area contributed by atoms with Gasteiger partial charge in [0.15, 0.2) is 11.2 Å². The number of amides is 1. The highest BCUT2D eigenvalue weighted by atomic mass is 16.3. The van der Waals surface area contributed by atoms with Gasteiger partial charge < -0.3 is 25.4 Å². The first kappa shape index (κ1) is 22.2. The molecule has 166 valence electrons. The lowest BCUT2D eigenvalue weighted by molar-refractivity contribution is -0.132. The fourth-order valence-corrected chi connectivity index (χ4v) is 4.18. The smallest absolute Gasteiger partial charge is 0.332 e. The van der Waals surface area contributed by atoms with E-state index in [2.05, 4.69) is 4.98 Å². The fourth-order valence-electron chi connectivity index (χ4n) is 4.18. The van der Waals surface area contributed by atoms with Crippen molar-refractivity contribution in [1.82, 2.24) is 23.6 Å². The second-order valence-electron chi connectivity index (χ2n) is 8.31. The highest BCUT2D eigenvalue weighted by molar-refractivity contribution is 5.76. The number of nitrogens with zero attached hydrogens (tertiary/aromatic N) is 5. The Morgan fingerprint density at radius 1 is 1.27 bits per heavy atom. The zero-order valence-electron chi connectivity index (χ0n) is 17.6. The molecule has 0 unspecified atom stereocenters. The summed E-state index contributed by atoms with van der Waals surface area (Å²) >= 11 is 0. The number of β-amino-alcohol motifs (C(OH)–C–C–N with tert-alkyl or cyclic N) is 1. The van der Waals surface area contributed by atoms with E-state index in [1.807, 2.05) is 0 Å². The zero-order chi connectivity index (χ0) is 22.2. The lowest BCUT2D eigenvalue weighted by Gasteiger charge is -2.34. The summed E-state index contributed by atoms with van der Waals surface area (Å²) in [7, 11) is 2.90. The molecule has 2 aromatic rings. The SMILES string of the molecule is Cn1c(=O)c2c(ncn2[C@@H]2CN(C(=O)CCCCN)C[C@@H](O)C[C@@]2(C)O)n(C)c1=O. The maximum atomic E-state index is 12.8. The van der Waals surface area contributed by atoms with Gasteiger partial charge in [-0.1, -0.05) is 0 Å². The van der Waals surface area contributed by atoms with E-state index in [0.717, 1.165) is 11.0 Å². The van der Waals surface area contributed by atoms with Gasteiger partial charge in [0.05, 0.1) is 24.1 Å². The maximum Gasteiger partial charge on any atom is 0.332 e. The van der Waals surface area contributed by atoms with Crippen LogP contribution in [0, 0.1) is 0 Å². The molecule has 0 spiro atoms. The molecule has 0 saturated carbocycles. The van der Waals surface area contributed by atoms with Gasteiger partial charge in [-0.2, -0.15) is 0 Å². The number of aromatic nitrogens is 4. The van der Waals surface area contributed by atoms with Crippen molar-refractivity contribution in [3.8, 4) is 0 Å². The number of carbonyl (C=O) groups excluding carboxylic acids is 1.